The maximum Gasteiger partial charge on any atom is 0.303 e. The van der Waals surface area contributed by atoms with Crippen LogP contribution in [-0.4, -0.2) is 28.2 Å². The minimum atomic E-state index is -0.769. The second-order valence-corrected chi connectivity index (χ2v) is 6.14. The predicted molar refractivity (Wildman–Crippen MR) is 76.9 cm³/mol. The summed E-state index contributed by atoms with van der Waals surface area (Å²) in [5.41, 5.74) is 1.63. The summed E-state index contributed by atoms with van der Waals surface area (Å²) in [4.78, 5) is 25.2. The van der Waals surface area contributed by atoms with Gasteiger partial charge in [-0.1, -0.05) is 11.8 Å². The second kappa shape index (κ2) is 6.53. The molecule has 2 aromatic rings. The number of rotatable bonds is 7. The molecule has 0 unspecified atom stereocenters. The summed E-state index contributed by atoms with van der Waals surface area (Å²) in [6.07, 6.45) is 1.46. The largest absolute Gasteiger partial charge is 0.481 e. The van der Waals surface area contributed by atoms with Crippen LogP contribution in [0.25, 0.3) is 10.2 Å². The van der Waals surface area contributed by atoms with Crippen LogP contribution in [0.5, 0.6) is 0 Å². The Bertz CT molecular complexity index is 598. The summed E-state index contributed by atoms with van der Waals surface area (Å²) in [5.74, 6) is -0.0274. The van der Waals surface area contributed by atoms with Gasteiger partial charge < -0.3 is 10.4 Å². The van der Waals surface area contributed by atoms with Gasteiger partial charge in [0.1, 0.15) is 0 Å². The van der Waals surface area contributed by atoms with Crippen molar-refractivity contribution >= 4 is 51.4 Å². The highest BCUT2D eigenvalue weighted by Gasteiger charge is 2.06. The molecule has 0 aliphatic rings. The van der Waals surface area contributed by atoms with Gasteiger partial charge in [0, 0.05) is 17.9 Å². The van der Waals surface area contributed by atoms with Gasteiger partial charge in [0.15, 0.2) is 4.34 Å². The molecule has 1 amide bonds. The third-order valence-corrected chi connectivity index (χ3v) is 4.60. The molecule has 0 bridgehead atoms. The van der Waals surface area contributed by atoms with Gasteiger partial charge in [-0.3, -0.25) is 9.59 Å². The van der Waals surface area contributed by atoms with Crippen LogP contribution in [0.4, 0.5) is 5.69 Å². The number of nitrogens with one attached hydrogen (secondary N) is 1. The Balaban J connectivity index is 2.00. The van der Waals surface area contributed by atoms with Crippen LogP contribution in [0.3, 0.4) is 0 Å². The zero-order valence-electron chi connectivity index (χ0n) is 9.96. The van der Waals surface area contributed by atoms with E-state index in [9.17, 15) is 9.59 Å². The van der Waals surface area contributed by atoms with Crippen LogP contribution in [-0.2, 0) is 9.59 Å². The Labute approximate surface area is 118 Å². The predicted octanol–water partition coefficient (Wildman–Crippen LogP) is 2.82. The lowest BCUT2D eigenvalue weighted by Gasteiger charge is -1.95. The zero-order chi connectivity index (χ0) is 13.7. The number of fused-ring (bicyclic) bond motifs is 1. The molecule has 2 N–H and O–H groups in total. The van der Waals surface area contributed by atoms with Gasteiger partial charge in [0.2, 0.25) is 6.41 Å². The first-order valence-corrected chi connectivity index (χ1v) is 7.44. The summed E-state index contributed by atoms with van der Waals surface area (Å²) in [6.45, 7) is 0. The van der Waals surface area contributed by atoms with Crippen LogP contribution >= 0.6 is 23.1 Å². The number of carboxylic acid groups (broad SMARTS) is 1. The van der Waals surface area contributed by atoms with Crippen molar-refractivity contribution in [1.29, 1.82) is 0 Å². The standard InChI is InChI=1S/C12H12N2O3S2/c15-7-13-8-3-4-9-10(6-8)19-12(14-9)18-5-1-2-11(16)17/h3-4,6-7H,1-2,5H2,(H,13,15)(H,16,17). The molecular weight excluding hydrogens is 284 g/mol. The van der Waals surface area contributed by atoms with E-state index in [1.165, 1.54) is 0 Å². The van der Waals surface area contributed by atoms with E-state index in [1.54, 1.807) is 29.2 Å². The molecule has 1 aromatic carbocycles. The van der Waals surface area contributed by atoms with Gasteiger partial charge in [0.25, 0.3) is 0 Å². The van der Waals surface area contributed by atoms with Gasteiger partial charge in [-0.25, -0.2) is 4.98 Å². The van der Waals surface area contributed by atoms with Crippen LogP contribution in [0.15, 0.2) is 22.5 Å². The first kappa shape index (κ1) is 13.8. The quantitative estimate of drug-likeness (QED) is 0.466. The molecule has 1 aromatic heterocycles. The zero-order valence-corrected chi connectivity index (χ0v) is 11.6. The Morgan fingerprint density at radius 3 is 3.11 bits per heavy atom. The van der Waals surface area contributed by atoms with Crippen LogP contribution in [0.2, 0.25) is 0 Å². The Morgan fingerprint density at radius 2 is 2.37 bits per heavy atom. The molecule has 0 aliphatic heterocycles. The molecule has 100 valence electrons. The molecule has 0 radical (unpaired) electrons. The van der Waals surface area contributed by atoms with Gasteiger partial charge in [-0.05, 0) is 24.6 Å². The fourth-order valence-electron chi connectivity index (χ4n) is 1.51. The average molecular weight is 296 g/mol. The minimum Gasteiger partial charge on any atom is -0.481 e. The number of benzene rings is 1. The molecule has 2 rings (SSSR count). The summed E-state index contributed by atoms with van der Waals surface area (Å²) >= 11 is 3.11. The number of aliphatic carboxylic acids is 1. The summed E-state index contributed by atoms with van der Waals surface area (Å²) in [5, 5.41) is 11.1. The molecule has 0 spiro atoms. The van der Waals surface area contributed by atoms with Crippen LogP contribution in [0.1, 0.15) is 12.8 Å². The highest BCUT2D eigenvalue weighted by Crippen LogP contribution is 2.31. The number of hydrogen-bond donors (Lipinski definition) is 2. The first-order valence-electron chi connectivity index (χ1n) is 5.64. The first-order chi connectivity index (χ1) is 9.19. The van der Waals surface area contributed by atoms with E-state index < -0.39 is 5.97 Å². The Hall–Kier alpha value is -1.60. The third kappa shape index (κ3) is 3.93. The third-order valence-electron chi connectivity index (χ3n) is 2.35. The van der Waals surface area contributed by atoms with Gasteiger partial charge in [0.05, 0.1) is 10.2 Å². The van der Waals surface area contributed by atoms with E-state index in [2.05, 4.69) is 10.3 Å². The lowest BCUT2D eigenvalue weighted by Crippen LogP contribution is -1.94. The topological polar surface area (TPSA) is 79.3 Å². The van der Waals surface area contributed by atoms with Crippen LogP contribution < -0.4 is 5.32 Å². The molecular formula is C12H12N2O3S2. The van der Waals surface area contributed by atoms with Crippen molar-refractivity contribution in [2.45, 2.75) is 17.2 Å². The number of thioether (sulfide) groups is 1. The molecule has 1 heterocycles. The van der Waals surface area contributed by atoms with E-state index in [0.29, 0.717) is 12.8 Å². The van der Waals surface area contributed by atoms with E-state index in [4.69, 9.17) is 5.11 Å². The Kier molecular flexibility index (Phi) is 4.75. The van der Waals surface area contributed by atoms with Crippen molar-refractivity contribution in [3.8, 4) is 0 Å². The number of anilines is 1. The maximum atomic E-state index is 10.4. The van der Waals surface area contributed by atoms with Crippen molar-refractivity contribution in [3.05, 3.63) is 18.2 Å². The van der Waals surface area contributed by atoms with Gasteiger partial charge >= 0.3 is 5.97 Å². The molecule has 5 nitrogen and oxygen atoms in total. The number of thiazole rings is 1. The van der Waals surface area contributed by atoms with E-state index >= 15 is 0 Å². The number of carbonyl (C=O) groups excluding carboxylic acids is 1. The molecule has 0 saturated heterocycles. The van der Waals surface area contributed by atoms with Crippen molar-refractivity contribution in [1.82, 2.24) is 4.98 Å². The SMILES string of the molecule is O=CNc1ccc2nc(SCCCC(=O)O)sc2c1. The lowest BCUT2D eigenvalue weighted by atomic mass is 10.3. The highest BCUT2D eigenvalue weighted by molar-refractivity contribution is 8.01. The molecule has 7 heteroatoms. The lowest BCUT2D eigenvalue weighted by molar-refractivity contribution is -0.137. The number of carbonyl (C=O) groups is 2. The molecule has 0 saturated carbocycles. The van der Waals surface area contributed by atoms with Crippen molar-refractivity contribution in [2.24, 2.45) is 0 Å². The van der Waals surface area contributed by atoms with E-state index in [1.807, 2.05) is 12.1 Å². The number of hydrogen-bond acceptors (Lipinski definition) is 5. The van der Waals surface area contributed by atoms with Crippen molar-refractivity contribution in [3.63, 3.8) is 0 Å². The smallest absolute Gasteiger partial charge is 0.303 e. The summed E-state index contributed by atoms with van der Waals surface area (Å²) in [6, 6.07) is 5.54. The molecule has 0 fully saturated rings. The summed E-state index contributed by atoms with van der Waals surface area (Å²) in [7, 11) is 0. The summed E-state index contributed by atoms with van der Waals surface area (Å²) < 4.78 is 1.93. The monoisotopic (exact) mass is 296 g/mol. The molecule has 0 aliphatic carbocycles. The van der Waals surface area contributed by atoms with E-state index in [0.717, 1.165) is 26.0 Å². The molecule has 19 heavy (non-hydrogen) atoms. The van der Waals surface area contributed by atoms with Crippen LogP contribution in [0, 0.1) is 0 Å². The fourth-order valence-corrected chi connectivity index (χ4v) is 3.62. The minimum absolute atomic E-state index is 0.186. The van der Waals surface area contributed by atoms with Gasteiger partial charge in [-0.15, -0.1) is 11.3 Å². The number of aromatic nitrogens is 1. The molecule has 0 atom stereocenters. The fraction of sp³-hybridized carbons (Fsp3) is 0.250. The van der Waals surface area contributed by atoms with Gasteiger partial charge in [-0.2, -0.15) is 0 Å². The normalized spacial score (nSPS) is 10.5. The second-order valence-electron chi connectivity index (χ2n) is 3.77. The van der Waals surface area contributed by atoms with E-state index in [-0.39, 0.29) is 6.42 Å². The number of carboxylic acids is 1. The number of nitrogens with zero attached hydrogens (tertiary/aromatic N) is 1. The maximum absolute atomic E-state index is 10.4. The Morgan fingerprint density at radius 1 is 1.53 bits per heavy atom. The average Bonchev–Trinajstić information content (AvgIpc) is 2.77. The number of amides is 1. The van der Waals surface area contributed by atoms with Crippen molar-refractivity contribution in [2.75, 3.05) is 11.1 Å². The highest BCUT2D eigenvalue weighted by atomic mass is 32.2. The van der Waals surface area contributed by atoms with Crippen molar-refractivity contribution < 1.29 is 14.7 Å².